The van der Waals surface area contributed by atoms with Gasteiger partial charge in [0.1, 0.15) is 18.2 Å². The number of halogens is 1. The monoisotopic (exact) mass is 285 g/mol. The molecule has 0 aliphatic rings. The van der Waals surface area contributed by atoms with Crippen molar-refractivity contribution in [1.29, 1.82) is 5.41 Å². The van der Waals surface area contributed by atoms with Crippen LogP contribution in [0.5, 0.6) is 5.75 Å². The third-order valence-electron chi connectivity index (χ3n) is 2.04. The second-order valence-electron chi connectivity index (χ2n) is 3.71. The Kier molecular flexibility index (Phi) is 4.76. The standard InChI is InChI=1S/C11H16BrN3O/c1-15(2)5-6-16-8-3-4-9(11(13)14)10(12)7-8/h3-4,7H,5-6H2,1-2H3,(H3,13,14). The van der Waals surface area contributed by atoms with E-state index in [9.17, 15) is 0 Å². The molecule has 0 saturated carbocycles. The Hall–Kier alpha value is -1.07. The van der Waals surface area contributed by atoms with Crippen molar-refractivity contribution in [3.8, 4) is 5.75 Å². The lowest BCUT2D eigenvalue weighted by atomic mass is 10.2. The molecule has 0 radical (unpaired) electrons. The lowest BCUT2D eigenvalue weighted by Crippen LogP contribution is -2.19. The zero-order valence-corrected chi connectivity index (χ0v) is 11.0. The van der Waals surface area contributed by atoms with E-state index < -0.39 is 0 Å². The summed E-state index contributed by atoms with van der Waals surface area (Å²) in [4.78, 5) is 2.05. The molecule has 0 aliphatic heterocycles. The summed E-state index contributed by atoms with van der Waals surface area (Å²) in [6, 6.07) is 5.42. The van der Waals surface area contributed by atoms with Gasteiger partial charge in [-0.05, 0) is 48.2 Å². The number of rotatable bonds is 5. The smallest absolute Gasteiger partial charge is 0.123 e. The first kappa shape index (κ1) is 13.0. The highest BCUT2D eigenvalue weighted by molar-refractivity contribution is 9.10. The average Bonchev–Trinajstić information content (AvgIpc) is 2.16. The molecule has 0 atom stereocenters. The van der Waals surface area contributed by atoms with Gasteiger partial charge in [0.15, 0.2) is 0 Å². The van der Waals surface area contributed by atoms with E-state index in [-0.39, 0.29) is 5.84 Å². The van der Waals surface area contributed by atoms with Crippen molar-refractivity contribution in [3.05, 3.63) is 28.2 Å². The summed E-state index contributed by atoms with van der Waals surface area (Å²) in [6.45, 7) is 1.50. The van der Waals surface area contributed by atoms with Crippen LogP contribution in [0.1, 0.15) is 5.56 Å². The van der Waals surface area contributed by atoms with E-state index in [0.29, 0.717) is 12.2 Å². The summed E-state index contributed by atoms with van der Waals surface area (Å²) in [5.74, 6) is 0.824. The van der Waals surface area contributed by atoms with Gasteiger partial charge in [-0.25, -0.2) is 0 Å². The van der Waals surface area contributed by atoms with E-state index in [2.05, 4.69) is 20.8 Å². The summed E-state index contributed by atoms with van der Waals surface area (Å²) in [7, 11) is 4.00. The minimum Gasteiger partial charge on any atom is -0.492 e. The van der Waals surface area contributed by atoms with E-state index in [0.717, 1.165) is 16.8 Å². The highest BCUT2D eigenvalue weighted by Crippen LogP contribution is 2.22. The van der Waals surface area contributed by atoms with E-state index in [1.807, 2.05) is 26.2 Å². The van der Waals surface area contributed by atoms with Crippen LogP contribution < -0.4 is 10.5 Å². The minimum absolute atomic E-state index is 0.0479. The highest BCUT2D eigenvalue weighted by Gasteiger charge is 2.04. The maximum atomic E-state index is 7.34. The number of ether oxygens (including phenoxy) is 1. The number of nitrogens with two attached hydrogens (primary N) is 1. The van der Waals surface area contributed by atoms with Crippen LogP contribution in [-0.2, 0) is 0 Å². The van der Waals surface area contributed by atoms with Crippen LogP contribution in [0.4, 0.5) is 0 Å². The number of hydrogen-bond acceptors (Lipinski definition) is 3. The Morgan fingerprint density at radius 2 is 2.19 bits per heavy atom. The fourth-order valence-electron chi connectivity index (χ4n) is 1.15. The topological polar surface area (TPSA) is 62.3 Å². The summed E-state index contributed by atoms with van der Waals surface area (Å²) in [5, 5.41) is 7.34. The Balaban J connectivity index is 2.63. The number of nitrogen functional groups attached to an aromatic ring is 1. The van der Waals surface area contributed by atoms with Crippen molar-refractivity contribution in [1.82, 2.24) is 4.90 Å². The number of nitrogens with zero attached hydrogens (tertiary/aromatic N) is 1. The molecule has 0 aromatic heterocycles. The first-order valence-corrected chi connectivity index (χ1v) is 5.71. The quantitative estimate of drug-likeness (QED) is 0.639. The maximum absolute atomic E-state index is 7.34. The molecule has 0 fully saturated rings. The minimum atomic E-state index is 0.0479. The van der Waals surface area contributed by atoms with E-state index in [1.165, 1.54) is 0 Å². The molecule has 0 saturated heterocycles. The second-order valence-corrected chi connectivity index (χ2v) is 4.56. The van der Waals surface area contributed by atoms with Crippen molar-refractivity contribution in [3.63, 3.8) is 0 Å². The normalized spacial score (nSPS) is 10.5. The van der Waals surface area contributed by atoms with Gasteiger partial charge in [-0.1, -0.05) is 0 Å². The van der Waals surface area contributed by atoms with Crippen molar-refractivity contribution in [2.24, 2.45) is 5.73 Å². The van der Waals surface area contributed by atoms with Gasteiger partial charge >= 0.3 is 0 Å². The van der Waals surface area contributed by atoms with Crippen molar-refractivity contribution in [2.45, 2.75) is 0 Å². The molecule has 0 spiro atoms. The van der Waals surface area contributed by atoms with Crippen molar-refractivity contribution < 1.29 is 4.74 Å². The van der Waals surface area contributed by atoms with E-state index >= 15 is 0 Å². The lowest BCUT2D eigenvalue weighted by molar-refractivity contribution is 0.261. The maximum Gasteiger partial charge on any atom is 0.123 e. The predicted octanol–water partition coefficient (Wildman–Crippen LogP) is 1.67. The molecule has 0 bridgehead atoms. The molecular formula is C11H16BrN3O. The molecule has 88 valence electrons. The van der Waals surface area contributed by atoms with Crippen LogP contribution in [0.3, 0.4) is 0 Å². The first-order chi connectivity index (χ1) is 7.50. The van der Waals surface area contributed by atoms with Gasteiger partial charge in [0, 0.05) is 16.6 Å². The lowest BCUT2D eigenvalue weighted by Gasteiger charge is -2.12. The Morgan fingerprint density at radius 3 is 2.69 bits per heavy atom. The molecule has 0 amide bonds. The van der Waals surface area contributed by atoms with Gasteiger partial charge in [-0.3, -0.25) is 5.41 Å². The fourth-order valence-corrected chi connectivity index (χ4v) is 1.72. The molecule has 0 unspecified atom stereocenters. The van der Waals surface area contributed by atoms with Gasteiger partial charge in [0.05, 0.1) is 0 Å². The molecule has 5 heteroatoms. The fraction of sp³-hybridized carbons (Fsp3) is 0.364. The van der Waals surface area contributed by atoms with Gasteiger partial charge in [0.25, 0.3) is 0 Å². The number of nitrogens with one attached hydrogen (secondary N) is 1. The Morgan fingerprint density at radius 1 is 1.50 bits per heavy atom. The van der Waals surface area contributed by atoms with Crippen LogP contribution in [0.15, 0.2) is 22.7 Å². The van der Waals surface area contributed by atoms with Crippen LogP contribution in [0.2, 0.25) is 0 Å². The van der Waals surface area contributed by atoms with Crippen LogP contribution in [0.25, 0.3) is 0 Å². The molecule has 0 heterocycles. The zero-order chi connectivity index (χ0) is 12.1. The summed E-state index contributed by atoms with van der Waals surface area (Å²) in [5.41, 5.74) is 6.09. The molecule has 1 rings (SSSR count). The van der Waals surface area contributed by atoms with Gasteiger partial charge in [-0.15, -0.1) is 0 Å². The summed E-state index contributed by atoms with van der Waals surface area (Å²) >= 11 is 3.36. The SMILES string of the molecule is CN(C)CCOc1ccc(C(=N)N)c(Br)c1. The van der Waals surface area contributed by atoms with E-state index in [4.69, 9.17) is 15.9 Å². The van der Waals surface area contributed by atoms with Crippen LogP contribution in [-0.4, -0.2) is 38.0 Å². The summed E-state index contributed by atoms with van der Waals surface area (Å²) < 4.78 is 6.33. The number of amidine groups is 1. The molecule has 3 N–H and O–H groups in total. The Labute approximate surface area is 104 Å². The molecular weight excluding hydrogens is 270 g/mol. The molecule has 1 aromatic rings. The van der Waals surface area contributed by atoms with E-state index in [1.54, 1.807) is 6.07 Å². The molecule has 1 aromatic carbocycles. The Bertz CT molecular complexity index is 379. The largest absolute Gasteiger partial charge is 0.492 e. The van der Waals surface area contributed by atoms with Gasteiger partial charge in [0.2, 0.25) is 0 Å². The summed E-state index contributed by atoms with van der Waals surface area (Å²) in [6.07, 6.45) is 0. The van der Waals surface area contributed by atoms with Gasteiger partial charge < -0.3 is 15.4 Å². The first-order valence-electron chi connectivity index (χ1n) is 4.92. The number of hydrogen-bond donors (Lipinski definition) is 2. The third-order valence-corrected chi connectivity index (χ3v) is 2.69. The van der Waals surface area contributed by atoms with Crippen LogP contribution >= 0.6 is 15.9 Å². The predicted molar refractivity (Wildman–Crippen MR) is 69.2 cm³/mol. The number of likely N-dealkylation sites (N-methyl/N-ethyl adjacent to an activating group) is 1. The third kappa shape index (κ3) is 3.83. The number of benzene rings is 1. The highest BCUT2D eigenvalue weighted by atomic mass is 79.9. The zero-order valence-electron chi connectivity index (χ0n) is 9.46. The second kappa shape index (κ2) is 5.86. The van der Waals surface area contributed by atoms with Crippen LogP contribution in [0, 0.1) is 5.41 Å². The molecule has 0 aliphatic carbocycles. The van der Waals surface area contributed by atoms with Crippen molar-refractivity contribution >= 4 is 21.8 Å². The molecule has 16 heavy (non-hydrogen) atoms. The van der Waals surface area contributed by atoms with Gasteiger partial charge in [-0.2, -0.15) is 0 Å². The molecule has 4 nitrogen and oxygen atoms in total. The average molecular weight is 286 g/mol. The van der Waals surface area contributed by atoms with Crippen molar-refractivity contribution in [2.75, 3.05) is 27.2 Å².